The first kappa shape index (κ1) is 12.6. The summed E-state index contributed by atoms with van der Waals surface area (Å²) < 4.78 is 5.37. The van der Waals surface area contributed by atoms with Gasteiger partial charge in [-0.05, 0) is 27.7 Å². The van der Waals surface area contributed by atoms with Crippen molar-refractivity contribution in [2.75, 3.05) is 19.6 Å². The Balaban J connectivity index is 2.11. The van der Waals surface area contributed by atoms with Crippen LogP contribution < -0.4 is 5.32 Å². The van der Waals surface area contributed by atoms with Gasteiger partial charge in [0.25, 0.3) is 0 Å². The van der Waals surface area contributed by atoms with Crippen LogP contribution in [0.4, 0.5) is 4.79 Å². The van der Waals surface area contributed by atoms with Gasteiger partial charge in [0.15, 0.2) is 0 Å². The van der Waals surface area contributed by atoms with E-state index in [0.29, 0.717) is 13.1 Å². The van der Waals surface area contributed by atoms with Crippen molar-refractivity contribution in [2.45, 2.75) is 44.9 Å². The zero-order chi connectivity index (χ0) is 12.8. The van der Waals surface area contributed by atoms with E-state index in [2.05, 4.69) is 5.32 Å². The topological polar surface area (TPSA) is 61.8 Å². The average molecular weight is 242 g/mol. The van der Waals surface area contributed by atoms with Gasteiger partial charge in [-0.15, -0.1) is 0 Å². The minimum atomic E-state index is -0.803. The van der Waals surface area contributed by atoms with Crippen LogP contribution in [0.5, 0.6) is 0 Å². The molecule has 0 spiro atoms. The molecule has 5 heteroatoms. The zero-order valence-electron chi connectivity index (χ0n) is 11.0. The fraction of sp³-hybridized carbons (Fsp3) is 0.917. The van der Waals surface area contributed by atoms with Crippen molar-refractivity contribution in [2.24, 2.45) is 5.92 Å². The maximum absolute atomic E-state index is 12.1. The number of hydrogen-bond acceptors (Lipinski definition) is 4. The van der Waals surface area contributed by atoms with E-state index in [-0.39, 0.29) is 18.1 Å². The van der Waals surface area contributed by atoms with Gasteiger partial charge in [0.2, 0.25) is 0 Å². The molecule has 3 unspecified atom stereocenters. The summed E-state index contributed by atoms with van der Waals surface area (Å²) in [5.41, 5.74) is -1.30. The number of carbonyl (C=O) groups is 1. The van der Waals surface area contributed by atoms with Gasteiger partial charge in [0.1, 0.15) is 5.60 Å². The number of hydrogen-bond donors (Lipinski definition) is 2. The molecule has 0 aliphatic carbocycles. The highest BCUT2D eigenvalue weighted by Gasteiger charge is 2.54. The van der Waals surface area contributed by atoms with Crippen LogP contribution in [0.3, 0.4) is 0 Å². The first-order valence-corrected chi connectivity index (χ1v) is 6.14. The van der Waals surface area contributed by atoms with Crippen LogP contribution in [0.25, 0.3) is 0 Å². The zero-order valence-corrected chi connectivity index (χ0v) is 11.0. The summed E-state index contributed by atoms with van der Waals surface area (Å²) in [5.74, 6) is 0.0915. The number of aliphatic hydroxyl groups is 1. The number of rotatable bonds is 0. The van der Waals surface area contributed by atoms with E-state index in [9.17, 15) is 9.90 Å². The fourth-order valence-electron chi connectivity index (χ4n) is 2.64. The second-order valence-electron chi connectivity index (χ2n) is 6.23. The predicted octanol–water partition coefficient (Wildman–Crippen LogP) is 0.576. The third-order valence-corrected chi connectivity index (χ3v) is 3.65. The highest BCUT2D eigenvalue weighted by molar-refractivity contribution is 5.69. The first-order valence-electron chi connectivity index (χ1n) is 6.14. The number of piperidine rings is 1. The van der Waals surface area contributed by atoms with Gasteiger partial charge >= 0.3 is 6.09 Å². The monoisotopic (exact) mass is 242 g/mol. The average Bonchev–Trinajstić information content (AvgIpc) is 2.35. The van der Waals surface area contributed by atoms with Crippen LogP contribution in [0, 0.1) is 5.92 Å². The van der Waals surface area contributed by atoms with Crippen LogP contribution in [0.15, 0.2) is 0 Å². The van der Waals surface area contributed by atoms with Crippen molar-refractivity contribution in [3.8, 4) is 0 Å². The summed E-state index contributed by atoms with van der Waals surface area (Å²) in [6.07, 6.45) is -0.325. The lowest BCUT2D eigenvalue weighted by molar-refractivity contribution is -0.0304. The molecule has 17 heavy (non-hydrogen) atoms. The van der Waals surface area contributed by atoms with Crippen molar-refractivity contribution < 1.29 is 14.6 Å². The lowest BCUT2D eigenvalue weighted by atomic mass is 9.84. The van der Waals surface area contributed by atoms with E-state index in [1.165, 1.54) is 0 Å². The Morgan fingerprint density at radius 1 is 1.47 bits per heavy atom. The maximum Gasteiger partial charge on any atom is 0.410 e. The Kier molecular flexibility index (Phi) is 2.86. The van der Waals surface area contributed by atoms with E-state index in [1.54, 1.807) is 4.90 Å². The Morgan fingerprint density at radius 2 is 2.12 bits per heavy atom. The van der Waals surface area contributed by atoms with Crippen LogP contribution in [-0.4, -0.2) is 53.0 Å². The normalized spacial score (nSPS) is 37.1. The Hall–Kier alpha value is -0.810. The molecule has 2 bridgehead atoms. The largest absolute Gasteiger partial charge is 0.444 e. The van der Waals surface area contributed by atoms with Gasteiger partial charge in [-0.25, -0.2) is 4.79 Å². The molecule has 0 aromatic heterocycles. The molecule has 2 fully saturated rings. The Labute approximate surface area is 102 Å². The van der Waals surface area contributed by atoms with Crippen molar-refractivity contribution in [1.29, 1.82) is 0 Å². The molecule has 1 amide bonds. The van der Waals surface area contributed by atoms with Crippen LogP contribution >= 0.6 is 0 Å². The van der Waals surface area contributed by atoms with E-state index in [4.69, 9.17) is 4.74 Å². The number of nitrogens with one attached hydrogen (secondary N) is 1. The highest BCUT2D eigenvalue weighted by atomic mass is 16.6. The molecular formula is C12H22N2O3. The quantitative estimate of drug-likeness (QED) is 0.652. The highest BCUT2D eigenvalue weighted by Crippen LogP contribution is 2.36. The molecule has 0 aromatic carbocycles. The third-order valence-electron chi connectivity index (χ3n) is 3.65. The minimum Gasteiger partial charge on any atom is -0.444 e. The van der Waals surface area contributed by atoms with E-state index < -0.39 is 11.2 Å². The van der Waals surface area contributed by atoms with E-state index in [1.807, 2.05) is 27.7 Å². The second-order valence-corrected chi connectivity index (χ2v) is 6.23. The molecule has 5 nitrogen and oxygen atoms in total. The van der Waals surface area contributed by atoms with Gasteiger partial charge in [0, 0.05) is 25.6 Å². The van der Waals surface area contributed by atoms with Crippen molar-refractivity contribution in [3.05, 3.63) is 0 Å². The molecule has 2 N–H and O–H groups in total. The molecular weight excluding hydrogens is 220 g/mol. The van der Waals surface area contributed by atoms with Crippen LogP contribution in [0.2, 0.25) is 0 Å². The SMILES string of the molecule is CC(C)(C)OC(=O)N1CC2CNCC1C2(C)O. The summed E-state index contributed by atoms with van der Waals surface area (Å²) >= 11 is 0. The van der Waals surface area contributed by atoms with Crippen molar-refractivity contribution in [3.63, 3.8) is 0 Å². The number of amides is 1. The molecule has 2 aliphatic rings. The maximum atomic E-state index is 12.1. The van der Waals surface area contributed by atoms with E-state index >= 15 is 0 Å². The van der Waals surface area contributed by atoms with E-state index in [0.717, 1.165) is 6.54 Å². The number of nitrogens with zero attached hydrogens (tertiary/aromatic N) is 1. The Bertz CT molecular complexity index is 322. The Morgan fingerprint density at radius 3 is 2.65 bits per heavy atom. The fourth-order valence-corrected chi connectivity index (χ4v) is 2.64. The summed E-state index contributed by atoms with van der Waals surface area (Å²) in [4.78, 5) is 13.7. The molecule has 2 heterocycles. The number of ether oxygens (including phenoxy) is 1. The van der Waals surface area contributed by atoms with Gasteiger partial charge in [-0.1, -0.05) is 0 Å². The molecule has 3 atom stereocenters. The van der Waals surface area contributed by atoms with Crippen LogP contribution in [0.1, 0.15) is 27.7 Å². The number of likely N-dealkylation sites (tertiary alicyclic amines) is 1. The third kappa shape index (κ3) is 2.26. The number of fused-ring (bicyclic) bond motifs is 2. The smallest absolute Gasteiger partial charge is 0.410 e. The van der Waals surface area contributed by atoms with Crippen molar-refractivity contribution in [1.82, 2.24) is 10.2 Å². The molecule has 2 aliphatic heterocycles. The standard InChI is InChI=1S/C12H22N2O3/c1-11(2,3)17-10(15)14-7-8-5-13-6-9(14)12(8,4)16/h8-9,13,16H,5-7H2,1-4H3. The molecule has 98 valence electrons. The van der Waals surface area contributed by atoms with Gasteiger partial charge in [-0.2, -0.15) is 0 Å². The summed E-state index contributed by atoms with van der Waals surface area (Å²) in [5, 5.41) is 13.6. The van der Waals surface area contributed by atoms with Crippen LogP contribution in [-0.2, 0) is 4.74 Å². The molecule has 0 saturated carbocycles. The molecule has 0 aromatic rings. The predicted molar refractivity (Wildman–Crippen MR) is 63.7 cm³/mol. The summed E-state index contributed by atoms with van der Waals surface area (Å²) in [7, 11) is 0. The number of carbonyl (C=O) groups excluding carboxylic acids is 1. The minimum absolute atomic E-state index is 0.0915. The molecule has 2 saturated heterocycles. The first-order chi connectivity index (χ1) is 7.72. The lowest BCUT2D eigenvalue weighted by Gasteiger charge is -2.37. The lowest BCUT2D eigenvalue weighted by Crippen LogP contribution is -2.57. The van der Waals surface area contributed by atoms with Crippen molar-refractivity contribution >= 4 is 6.09 Å². The molecule has 0 radical (unpaired) electrons. The summed E-state index contributed by atoms with van der Waals surface area (Å²) in [6.45, 7) is 9.31. The van der Waals surface area contributed by atoms with Gasteiger partial charge < -0.3 is 20.1 Å². The second kappa shape index (κ2) is 3.85. The summed E-state index contributed by atoms with van der Waals surface area (Å²) in [6, 6.07) is -0.184. The van der Waals surface area contributed by atoms with Gasteiger partial charge in [-0.3, -0.25) is 0 Å². The van der Waals surface area contributed by atoms with Gasteiger partial charge in [0.05, 0.1) is 11.6 Å². The molecule has 2 rings (SSSR count).